The maximum absolute atomic E-state index is 12.0. The Hall–Kier alpha value is -2.92. The molecule has 0 heterocycles. The predicted octanol–water partition coefficient (Wildman–Crippen LogP) is 1.30. The molecule has 116 valence electrons. The number of anilines is 1. The number of benzene rings is 1. The fraction of sp³-hybridized carbons (Fsp3) is 0.286. The molecule has 0 saturated carbocycles. The Morgan fingerprint density at radius 1 is 1.50 bits per heavy atom. The van der Waals surface area contributed by atoms with Crippen LogP contribution in [0.3, 0.4) is 0 Å². The normalized spacial score (nSPS) is 11.5. The molecule has 8 heteroatoms. The van der Waals surface area contributed by atoms with Gasteiger partial charge in [0.05, 0.1) is 17.1 Å². The third-order valence-electron chi connectivity index (χ3n) is 2.72. The molecule has 0 aliphatic rings. The van der Waals surface area contributed by atoms with Crippen molar-refractivity contribution in [2.45, 2.75) is 19.4 Å². The van der Waals surface area contributed by atoms with Crippen molar-refractivity contribution in [1.29, 1.82) is 5.26 Å². The van der Waals surface area contributed by atoms with E-state index < -0.39 is 16.4 Å². The van der Waals surface area contributed by atoms with Gasteiger partial charge in [0.2, 0.25) is 0 Å². The highest BCUT2D eigenvalue weighted by atomic mass is 16.6. The van der Waals surface area contributed by atoms with Gasteiger partial charge in [0.25, 0.3) is 11.6 Å². The predicted molar refractivity (Wildman–Crippen MR) is 79.7 cm³/mol. The molecule has 0 bridgehead atoms. The summed E-state index contributed by atoms with van der Waals surface area (Å²) in [6.45, 7) is 3.16. The van der Waals surface area contributed by atoms with E-state index in [4.69, 9.17) is 10.4 Å². The summed E-state index contributed by atoms with van der Waals surface area (Å²) in [4.78, 5) is 22.2. The Balaban J connectivity index is 2.94. The lowest BCUT2D eigenvalue weighted by Crippen LogP contribution is -2.39. The van der Waals surface area contributed by atoms with Crippen LogP contribution >= 0.6 is 0 Å². The monoisotopic (exact) mass is 304 g/mol. The molecule has 0 atom stereocenters. The molecule has 0 aliphatic heterocycles. The van der Waals surface area contributed by atoms with E-state index >= 15 is 0 Å². The van der Waals surface area contributed by atoms with Crippen molar-refractivity contribution in [3.63, 3.8) is 0 Å². The van der Waals surface area contributed by atoms with Crippen molar-refractivity contribution in [2.24, 2.45) is 0 Å². The van der Waals surface area contributed by atoms with Crippen LogP contribution in [0.25, 0.3) is 0 Å². The highest BCUT2D eigenvalue weighted by Crippen LogP contribution is 2.23. The average Bonchev–Trinajstić information content (AvgIpc) is 2.48. The molecular weight excluding hydrogens is 288 g/mol. The van der Waals surface area contributed by atoms with Crippen LogP contribution in [-0.4, -0.2) is 28.1 Å². The number of hydrogen-bond donors (Lipinski definition) is 3. The molecular formula is C14H16N4O4. The van der Waals surface area contributed by atoms with Crippen molar-refractivity contribution in [1.82, 2.24) is 5.32 Å². The molecule has 1 amide bonds. The van der Waals surface area contributed by atoms with Crippen LogP contribution in [0.15, 0.2) is 36.0 Å². The maximum atomic E-state index is 12.0. The van der Waals surface area contributed by atoms with Gasteiger partial charge in [0.1, 0.15) is 17.3 Å². The first-order chi connectivity index (χ1) is 10.3. The third kappa shape index (κ3) is 4.57. The second kappa shape index (κ2) is 7.19. The molecule has 0 fully saturated rings. The van der Waals surface area contributed by atoms with Crippen LogP contribution in [-0.2, 0) is 4.79 Å². The standard InChI is InChI=1S/C14H16N4O4/c1-14(2,9-19)16-8-10(7-15)13(20)17-11-5-3-4-6-12(11)18(21)22/h3-6,8,16,19H,9H2,1-2H3,(H,17,20)/b10-8-. The molecule has 0 aromatic heterocycles. The SMILES string of the molecule is CC(C)(CO)N/C=C(/C#N)C(=O)Nc1ccccc1[N+](=O)[O-]. The average molecular weight is 304 g/mol. The van der Waals surface area contributed by atoms with Crippen LogP contribution in [0.4, 0.5) is 11.4 Å². The molecule has 0 radical (unpaired) electrons. The van der Waals surface area contributed by atoms with E-state index in [1.165, 1.54) is 30.5 Å². The molecule has 3 N–H and O–H groups in total. The number of hydrogen-bond acceptors (Lipinski definition) is 6. The Kier molecular flexibility index (Phi) is 5.60. The van der Waals surface area contributed by atoms with E-state index in [1.54, 1.807) is 19.9 Å². The van der Waals surface area contributed by atoms with Gasteiger partial charge in [-0.3, -0.25) is 14.9 Å². The van der Waals surface area contributed by atoms with Gasteiger partial charge in [-0.2, -0.15) is 5.26 Å². The number of nitrogens with zero attached hydrogens (tertiary/aromatic N) is 2. The second-order valence-corrected chi connectivity index (χ2v) is 5.08. The largest absolute Gasteiger partial charge is 0.394 e. The van der Waals surface area contributed by atoms with Gasteiger partial charge >= 0.3 is 0 Å². The number of nitro groups is 1. The van der Waals surface area contributed by atoms with Crippen molar-refractivity contribution in [2.75, 3.05) is 11.9 Å². The van der Waals surface area contributed by atoms with Crippen LogP contribution in [0, 0.1) is 21.4 Å². The van der Waals surface area contributed by atoms with Crippen LogP contribution in [0.5, 0.6) is 0 Å². The second-order valence-electron chi connectivity index (χ2n) is 5.08. The Bertz CT molecular complexity index is 646. The van der Waals surface area contributed by atoms with Crippen molar-refractivity contribution < 1.29 is 14.8 Å². The van der Waals surface area contributed by atoms with E-state index in [0.717, 1.165) is 0 Å². The fourth-order valence-corrected chi connectivity index (χ4v) is 1.39. The zero-order valence-electron chi connectivity index (χ0n) is 12.2. The maximum Gasteiger partial charge on any atom is 0.292 e. The Morgan fingerprint density at radius 2 is 2.14 bits per heavy atom. The molecule has 1 aromatic carbocycles. The Morgan fingerprint density at radius 3 is 2.68 bits per heavy atom. The number of rotatable bonds is 6. The van der Waals surface area contributed by atoms with E-state index in [9.17, 15) is 14.9 Å². The molecule has 22 heavy (non-hydrogen) atoms. The summed E-state index contributed by atoms with van der Waals surface area (Å²) in [5, 5.41) is 34.0. The summed E-state index contributed by atoms with van der Waals surface area (Å²) in [6.07, 6.45) is 1.17. The summed E-state index contributed by atoms with van der Waals surface area (Å²) in [5.74, 6) is -0.780. The molecule has 0 saturated heterocycles. The number of para-hydroxylation sites is 2. The van der Waals surface area contributed by atoms with E-state index in [-0.39, 0.29) is 23.6 Å². The summed E-state index contributed by atoms with van der Waals surface area (Å²) in [5.41, 5.74) is -1.24. The molecule has 0 aliphatic carbocycles. The first-order valence-corrected chi connectivity index (χ1v) is 6.34. The summed E-state index contributed by atoms with van der Waals surface area (Å²) in [7, 11) is 0. The molecule has 8 nitrogen and oxygen atoms in total. The van der Waals surface area contributed by atoms with Gasteiger partial charge in [-0.05, 0) is 19.9 Å². The van der Waals surface area contributed by atoms with Gasteiger partial charge in [0, 0.05) is 12.3 Å². The molecule has 1 rings (SSSR count). The number of aliphatic hydroxyl groups excluding tert-OH is 1. The first-order valence-electron chi connectivity index (χ1n) is 6.34. The van der Waals surface area contributed by atoms with Crippen molar-refractivity contribution in [3.8, 4) is 6.07 Å². The molecule has 0 unspecified atom stereocenters. The number of amides is 1. The number of nitro benzene ring substituents is 1. The van der Waals surface area contributed by atoms with Crippen LogP contribution in [0.1, 0.15) is 13.8 Å². The smallest absolute Gasteiger partial charge is 0.292 e. The number of carbonyl (C=O) groups excluding carboxylic acids is 1. The summed E-state index contributed by atoms with van der Waals surface area (Å²) >= 11 is 0. The van der Waals surface area contributed by atoms with Crippen molar-refractivity contribution in [3.05, 3.63) is 46.2 Å². The number of nitrogens with one attached hydrogen (secondary N) is 2. The quantitative estimate of drug-likeness (QED) is 0.314. The van der Waals surface area contributed by atoms with Gasteiger partial charge in [0.15, 0.2) is 0 Å². The first kappa shape index (κ1) is 17.1. The third-order valence-corrected chi connectivity index (χ3v) is 2.72. The van der Waals surface area contributed by atoms with E-state index in [1.807, 2.05) is 0 Å². The zero-order chi connectivity index (χ0) is 16.8. The topological polar surface area (TPSA) is 128 Å². The number of aliphatic hydroxyl groups is 1. The van der Waals surface area contributed by atoms with E-state index in [0.29, 0.717) is 0 Å². The highest BCUT2D eigenvalue weighted by Gasteiger charge is 2.19. The van der Waals surface area contributed by atoms with Crippen LogP contribution in [0.2, 0.25) is 0 Å². The van der Waals surface area contributed by atoms with Crippen LogP contribution < -0.4 is 10.6 Å². The molecule has 1 aromatic rings. The minimum Gasteiger partial charge on any atom is -0.394 e. The van der Waals surface area contributed by atoms with Gasteiger partial charge in [-0.15, -0.1) is 0 Å². The summed E-state index contributed by atoms with van der Waals surface area (Å²) in [6, 6.07) is 7.33. The van der Waals surface area contributed by atoms with Gasteiger partial charge < -0.3 is 15.7 Å². The minimum atomic E-state index is -0.780. The number of nitriles is 1. The molecule has 0 spiro atoms. The lowest BCUT2D eigenvalue weighted by Gasteiger charge is -2.22. The van der Waals surface area contributed by atoms with Gasteiger partial charge in [-0.1, -0.05) is 12.1 Å². The zero-order valence-corrected chi connectivity index (χ0v) is 12.2. The lowest BCUT2D eigenvalue weighted by atomic mass is 10.1. The fourth-order valence-electron chi connectivity index (χ4n) is 1.39. The summed E-state index contributed by atoms with van der Waals surface area (Å²) < 4.78 is 0. The van der Waals surface area contributed by atoms with Crippen molar-refractivity contribution >= 4 is 17.3 Å². The van der Waals surface area contributed by atoms with E-state index in [2.05, 4.69) is 10.6 Å². The lowest BCUT2D eigenvalue weighted by molar-refractivity contribution is -0.383. The minimum absolute atomic E-state index is 0.0000633. The Labute approximate surface area is 127 Å². The highest BCUT2D eigenvalue weighted by molar-refractivity contribution is 6.07. The number of carbonyl (C=O) groups is 1. The van der Waals surface area contributed by atoms with Gasteiger partial charge in [-0.25, -0.2) is 0 Å².